The molecular weight excluding hydrogens is 472 g/mol. The lowest BCUT2D eigenvalue weighted by molar-refractivity contribution is -0.131. The van der Waals surface area contributed by atoms with E-state index in [0.717, 1.165) is 63.6 Å². The summed E-state index contributed by atoms with van der Waals surface area (Å²) < 4.78 is 5.30. The molecule has 1 heterocycles. The third-order valence-electron chi connectivity index (χ3n) is 7.06. The minimum absolute atomic E-state index is 0.231. The van der Waals surface area contributed by atoms with Gasteiger partial charge in [0, 0.05) is 38.5 Å². The minimum Gasteiger partial charge on any atom is -0.497 e. The number of carbonyl (C=O) groups is 1. The van der Waals surface area contributed by atoms with Crippen molar-refractivity contribution in [3.63, 3.8) is 0 Å². The van der Waals surface area contributed by atoms with E-state index in [1.807, 2.05) is 12.1 Å². The number of carbonyl (C=O) groups excluding carboxylic acids is 1. The van der Waals surface area contributed by atoms with Crippen LogP contribution in [0.15, 0.2) is 89.9 Å². The predicted molar refractivity (Wildman–Crippen MR) is 155 cm³/mol. The Hall–Kier alpha value is -3.80. The molecule has 0 unspecified atom stereocenters. The summed E-state index contributed by atoms with van der Waals surface area (Å²) in [6, 6.07) is 29.4. The van der Waals surface area contributed by atoms with Crippen molar-refractivity contribution >= 4 is 11.9 Å². The molecule has 0 bridgehead atoms. The lowest BCUT2D eigenvalue weighted by Crippen LogP contribution is -2.35. The average Bonchev–Trinajstić information content (AvgIpc) is 3.49. The van der Waals surface area contributed by atoms with Crippen LogP contribution in [0.4, 0.5) is 0 Å². The second kappa shape index (κ2) is 14.8. The van der Waals surface area contributed by atoms with E-state index in [-0.39, 0.29) is 11.8 Å². The number of ether oxygens (including phenoxy) is 1. The molecule has 0 saturated heterocycles. The van der Waals surface area contributed by atoms with Gasteiger partial charge in [-0.25, -0.2) is 0 Å². The zero-order valence-electron chi connectivity index (χ0n) is 22.4. The maximum Gasteiger partial charge on any atom is 0.222 e. The lowest BCUT2D eigenvalue weighted by Gasteiger charge is -2.26. The molecule has 2 N–H and O–H groups in total. The number of hydrogen-bond donors (Lipinski definition) is 2. The summed E-state index contributed by atoms with van der Waals surface area (Å²) in [5.74, 6) is 2.21. The van der Waals surface area contributed by atoms with Gasteiger partial charge in [0.1, 0.15) is 5.75 Å². The van der Waals surface area contributed by atoms with Gasteiger partial charge in [-0.3, -0.25) is 9.79 Å². The highest BCUT2D eigenvalue weighted by molar-refractivity contribution is 5.81. The Balaban J connectivity index is 1.38. The first kappa shape index (κ1) is 27.2. The van der Waals surface area contributed by atoms with Crippen LogP contribution in [0.1, 0.15) is 48.3 Å². The van der Waals surface area contributed by atoms with Gasteiger partial charge in [-0.1, -0.05) is 72.8 Å². The molecule has 0 aliphatic carbocycles. The summed E-state index contributed by atoms with van der Waals surface area (Å²) in [6.45, 7) is 3.99. The molecule has 1 aliphatic rings. The first-order valence-corrected chi connectivity index (χ1v) is 13.8. The Morgan fingerprint density at radius 3 is 2.24 bits per heavy atom. The smallest absolute Gasteiger partial charge is 0.222 e. The molecule has 0 fully saturated rings. The fourth-order valence-electron chi connectivity index (χ4n) is 4.88. The quantitative estimate of drug-likeness (QED) is 0.298. The number of aliphatic imine (C=N–C) groups is 1. The van der Waals surface area contributed by atoms with Gasteiger partial charge in [0.25, 0.3) is 0 Å². The van der Waals surface area contributed by atoms with Crippen molar-refractivity contribution in [1.29, 1.82) is 0 Å². The first-order chi connectivity index (χ1) is 18.7. The molecular formula is C32H40N4O2. The van der Waals surface area contributed by atoms with Crippen LogP contribution in [0.2, 0.25) is 0 Å². The summed E-state index contributed by atoms with van der Waals surface area (Å²) in [7, 11) is 1.68. The molecule has 6 nitrogen and oxygen atoms in total. The molecule has 3 aromatic rings. The van der Waals surface area contributed by atoms with Crippen molar-refractivity contribution in [2.24, 2.45) is 4.99 Å². The molecule has 0 aromatic heterocycles. The fourth-order valence-corrected chi connectivity index (χ4v) is 4.88. The molecule has 3 aromatic carbocycles. The lowest BCUT2D eigenvalue weighted by atomic mass is 9.88. The second-order valence-corrected chi connectivity index (χ2v) is 9.68. The van der Waals surface area contributed by atoms with Gasteiger partial charge in [0.15, 0.2) is 5.96 Å². The number of rotatable bonds is 14. The van der Waals surface area contributed by atoms with Crippen LogP contribution in [-0.4, -0.2) is 56.6 Å². The molecule has 0 atom stereocenters. The second-order valence-electron chi connectivity index (χ2n) is 9.68. The van der Waals surface area contributed by atoms with Crippen LogP contribution in [0.25, 0.3) is 0 Å². The number of nitrogens with zero attached hydrogens (tertiary/aromatic N) is 2. The molecule has 1 aliphatic heterocycles. The summed E-state index contributed by atoms with van der Waals surface area (Å²) >= 11 is 0. The van der Waals surface area contributed by atoms with E-state index in [4.69, 9.17) is 4.74 Å². The van der Waals surface area contributed by atoms with Gasteiger partial charge in [0.2, 0.25) is 5.91 Å². The molecule has 6 heteroatoms. The molecule has 0 saturated carbocycles. The molecule has 0 radical (unpaired) electrons. The average molecular weight is 513 g/mol. The van der Waals surface area contributed by atoms with E-state index in [9.17, 15) is 4.79 Å². The number of hydrogen-bond acceptors (Lipinski definition) is 5. The van der Waals surface area contributed by atoms with Crippen molar-refractivity contribution in [2.75, 3.05) is 39.8 Å². The number of guanidine groups is 1. The summed E-state index contributed by atoms with van der Waals surface area (Å²) in [5, 5.41) is 6.54. The van der Waals surface area contributed by atoms with Crippen molar-refractivity contribution in [3.05, 3.63) is 102 Å². The van der Waals surface area contributed by atoms with Gasteiger partial charge in [-0.05, 0) is 54.5 Å². The Labute approximate surface area is 227 Å². The monoisotopic (exact) mass is 512 g/mol. The highest BCUT2D eigenvalue weighted by Gasteiger charge is 2.19. The molecule has 0 spiro atoms. The SMILES string of the molecule is COc1ccc(CCN(CCC(c2ccccc2)c2ccccc2)C(=O)CCCCNC2=NCCN2)cc1. The van der Waals surface area contributed by atoms with E-state index in [2.05, 4.69) is 93.3 Å². The van der Waals surface area contributed by atoms with Crippen LogP contribution >= 0.6 is 0 Å². The molecule has 38 heavy (non-hydrogen) atoms. The topological polar surface area (TPSA) is 66.0 Å². The Bertz CT molecular complexity index is 1090. The standard InChI is InChI=1S/C32H40N4O2/c1-38-29-17-15-26(16-18-29)19-24-36(31(37)14-8-9-21-33-32-34-22-23-35-32)25-20-30(27-10-4-2-5-11-27)28-12-6-3-7-13-28/h2-7,10-13,15-18,30H,8-9,14,19-25H2,1H3,(H2,33,34,35). The molecule has 4 rings (SSSR count). The highest BCUT2D eigenvalue weighted by atomic mass is 16.5. The van der Waals surface area contributed by atoms with Crippen molar-refractivity contribution in [2.45, 2.75) is 38.0 Å². The zero-order valence-corrected chi connectivity index (χ0v) is 22.4. The molecule has 1 amide bonds. The van der Waals surface area contributed by atoms with Gasteiger partial charge in [-0.2, -0.15) is 0 Å². The van der Waals surface area contributed by atoms with E-state index in [1.165, 1.54) is 16.7 Å². The third-order valence-corrected chi connectivity index (χ3v) is 7.06. The van der Waals surface area contributed by atoms with Crippen molar-refractivity contribution in [3.8, 4) is 5.75 Å². The van der Waals surface area contributed by atoms with Gasteiger partial charge in [-0.15, -0.1) is 0 Å². The van der Waals surface area contributed by atoms with Crippen molar-refractivity contribution < 1.29 is 9.53 Å². The normalized spacial score (nSPS) is 12.6. The number of benzene rings is 3. The number of nitrogens with one attached hydrogen (secondary N) is 2. The Morgan fingerprint density at radius 2 is 1.63 bits per heavy atom. The number of methoxy groups -OCH3 is 1. The molecule has 200 valence electrons. The first-order valence-electron chi connectivity index (χ1n) is 13.8. The number of unbranched alkanes of at least 4 members (excludes halogenated alkanes) is 1. The van der Waals surface area contributed by atoms with Crippen LogP contribution in [0, 0.1) is 0 Å². The van der Waals surface area contributed by atoms with E-state index in [0.29, 0.717) is 13.0 Å². The predicted octanol–water partition coefficient (Wildman–Crippen LogP) is 5.01. The van der Waals surface area contributed by atoms with Gasteiger partial charge in [0.05, 0.1) is 13.7 Å². The van der Waals surface area contributed by atoms with Crippen LogP contribution in [-0.2, 0) is 11.2 Å². The zero-order chi connectivity index (χ0) is 26.4. The van der Waals surface area contributed by atoms with Crippen molar-refractivity contribution in [1.82, 2.24) is 15.5 Å². The highest BCUT2D eigenvalue weighted by Crippen LogP contribution is 2.28. The van der Waals surface area contributed by atoms with Gasteiger partial charge < -0.3 is 20.3 Å². The Morgan fingerprint density at radius 1 is 0.947 bits per heavy atom. The summed E-state index contributed by atoms with van der Waals surface area (Å²) in [6.07, 6.45) is 4.07. The van der Waals surface area contributed by atoms with Gasteiger partial charge >= 0.3 is 0 Å². The summed E-state index contributed by atoms with van der Waals surface area (Å²) in [5.41, 5.74) is 3.78. The maximum atomic E-state index is 13.4. The Kier molecular flexibility index (Phi) is 10.6. The maximum absolute atomic E-state index is 13.4. The largest absolute Gasteiger partial charge is 0.497 e. The van der Waals surface area contributed by atoms with E-state index < -0.39 is 0 Å². The summed E-state index contributed by atoms with van der Waals surface area (Å²) in [4.78, 5) is 19.9. The van der Waals surface area contributed by atoms with Crippen LogP contribution in [0.3, 0.4) is 0 Å². The van der Waals surface area contributed by atoms with E-state index >= 15 is 0 Å². The number of amides is 1. The van der Waals surface area contributed by atoms with Crippen LogP contribution < -0.4 is 15.4 Å². The van der Waals surface area contributed by atoms with E-state index in [1.54, 1.807) is 7.11 Å². The van der Waals surface area contributed by atoms with Crippen LogP contribution in [0.5, 0.6) is 5.75 Å². The third kappa shape index (κ3) is 8.37. The fraction of sp³-hybridized carbons (Fsp3) is 0.375. The minimum atomic E-state index is 0.231.